The molecule has 1 unspecified atom stereocenters. The van der Waals surface area contributed by atoms with E-state index >= 15 is 0 Å². The molecule has 8 heteroatoms. The molecule has 2 amide bonds. The number of aromatic nitrogens is 2. The van der Waals surface area contributed by atoms with Crippen molar-refractivity contribution in [3.63, 3.8) is 0 Å². The zero-order valence-corrected chi connectivity index (χ0v) is 16.2. The molecule has 27 heavy (non-hydrogen) atoms. The highest BCUT2D eigenvalue weighted by Crippen LogP contribution is 2.26. The predicted octanol–water partition coefficient (Wildman–Crippen LogP) is 2.50. The highest BCUT2D eigenvalue weighted by molar-refractivity contribution is 8.18. The molecular formula is C19H25N5O2S. The van der Waals surface area contributed by atoms with Crippen molar-refractivity contribution in [2.75, 3.05) is 37.6 Å². The largest absolute Gasteiger partial charge is 0.340 e. The Morgan fingerprint density at radius 2 is 2.04 bits per heavy atom. The van der Waals surface area contributed by atoms with Crippen LogP contribution in [0.3, 0.4) is 0 Å². The van der Waals surface area contributed by atoms with Gasteiger partial charge in [-0.3, -0.25) is 14.9 Å². The molecule has 0 aliphatic carbocycles. The van der Waals surface area contributed by atoms with Crippen LogP contribution in [0.4, 0.5) is 10.7 Å². The maximum atomic E-state index is 11.7. The zero-order valence-electron chi connectivity index (χ0n) is 15.4. The Morgan fingerprint density at radius 3 is 2.81 bits per heavy atom. The van der Waals surface area contributed by atoms with Gasteiger partial charge in [-0.1, -0.05) is 6.42 Å². The minimum atomic E-state index is -0.357. The Morgan fingerprint density at radius 1 is 1.19 bits per heavy atom. The summed E-state index contributed by atoms with van der Waals surface area (Å²) >= 11 is 0.912. The molecule has 0 aromatic carbocycles. The van der Waals surface area contributed by atoms with Crippen LogP contribution in [0.1, 0.15) is 37.8 Å². The van der Waals surface area contributed by atoms with E-state index in [2.05, 4.69) is 25.1 Å². The number of carbonyl (C=O) groups excluding carboxylic acids is 2. The quantitative estimate of drug-likeness (QED) is 0.795. The van der Waals surface area contributed by atoms with E-state index in [1.807, 2.05) is 0 Å². The molecule has 3 aliphatic rings. The molecule has 1 atom stereocenters. The molecule has 3 saturated heterocycles. The average molecular weight is 388 g/mol. The van der Waals surface area contributed by atoms with Crippen molar-refractivity contribution in [1.82, 2.24) is 20.2 Å². The van der Waals surface area contributed by atoms with Gasteiger partial charge >= 0.3 is 0 Å². The molecule has 4 rings (SSSR count). The monoisotopic (exact) mass is 387 g/mol. The van der Waals surface area contributed by atoms with Crippen LogP contribution in [0.5, 0.6) is 0 Å². The van der Waals surface area contributed by atoms with Crippen LogP contribution in [0.2, 0.25) is 0 Å². The Bertz CT molecular complexity index is 747. The Balaban J connectivity index is 1.42. The maximum absolute atomic E-state index is 11.7. The van der Waals surface area contributed by atoms with Gasteiger partial charge in [0.05, 0.1) is 10.6 Å². The smallest absolute Gasteiger partial charge is 0.290 e. The van der Waals surface area contributed by atoms with E-state index in [-0.39, 0.29) is 11.1 Å². The predicted molar refractivity (Wildman–Crippen MR) is 106 cm³/mol. The van der Waals surface area contributed by atoms with E-state index in [0.29, 0.717) is 22.5 Å². The minimum Gasteiger partial charge on any atom is -0.340 e. The lowest BCUT2D eigenvalue weighted by Gasteiger charge is -2.36. The number of imide groups is 1. The fourth-order valence-electron chi connectivity index (χ4n) is 4.05. The summed E-state index contributed by atoms with van der Waals surface area (Å²) in [6.45, 7) is 5.57. The lowest BCUT2D eigenvalue weighted by atomic mass is 9.96. The van der Waals surface area contributed by atoms with Crippen molar-refractivity contribution >= 4 is 34.9 Å². The molecule has 3 fully saturated rings. The standard InChI is InChI=1S/C19H25N5O2S/c25-17-16(27-19(26)22-17)11-15-6-7-20-18(21-15)24-10-4-5-14(13-24)12-23-8-2-1-3-9-23/h6-7,11,14H,1-5,8-10,12-13H2,(H,22,25,26). The average Bonchev–Trinajstić information content (AvgIpc) is 3.00. The maximum Gasteiger partial charge on any atom is 0.290 e. The van der Waals surface area contributed by atoms with Gasteiger partial charge in [0, 0.05) is 25.8 Å². The number of anilines is 1. The van der Waals surface area contributed by atoms with Crippen molar-refractivity contribution in [3.8, 4) is 0 Å². The van der Waals surface area contributed by atoms with Gasteiger partial charge in [0.1, 0.15) is 0 Å². The first-order chi connectivity index (χ1) is 13.2. The van der Waals surface area contributed by atoms with Gasteiger partial charge in [-0.25, -0.2) is 9.97 Å². The van der Waals surface area contributed by atoms with Gasteiger partial charge in [-0.05, 0) is 68.6 Å². The number of hydrogen-bond donors (Lipinski definition) is 1. The highest BCUT2D eigenvalue weighted by Gasteiger charge is 2.26. The summed E-state index contributed by atoms with van der Waals surface area (Å²) in [5.74, 6) is 1.00. The second-order valence-corrected chi connectivity index (χ2v) is 8.46. The lowest BCUT2D eigenvalue weighted by Crippen LogP contribution is -2.43. The molecule has 1 aromatic rings. The topological polar surface area (TPSA) is 78.4 Å². The normalized spacial score (nSPS) is 25.9. The van der Waals surface area contributed by atoms with E-state index in [4.69, 9.17) is 0 Å². The van der Waals surface area contributed by atoms with Crippen molar-refractivity contribution in [2.45, 2.75) is 32.1 Å². The summed E-state index contributed by atoms with van der Waals surface area (Å²) in [7, 11) is 0. The first-order valence-electron chi connectivity index (χ1n) is 9.72. The third-order valence-corrected chi connectivity index (χ3v) is 6.16. The van der Waals surface area contributed by atoms with E-state index in [9.17, 15) is 9.59 Å². The van der Waals surface area contributed by atoms with E-state index in [1.165, 1.54) is 45.3 Å². The van der Waals surface area contributed by atoms with Crippen molar-refractivity contribution in [2.24, 2.45) is 5.92 Å². The molecule has 3 aliphatic heterocycles. The summed E-state index contributed by atoms with van der Waals surface area (Å²) in [6, 6.07) is 1.77. The Labute approximate surface area is 163 Å². The molecule has 1 aromatic heterocycles. The number of piperidine rings is 2. The van der Waals surface area contributed by atoms with Gasteiger partial charge in [0.15, 0.2) is 0 Å². The summed E-state index contributed by atoms with van der Waals surface area (Å²) in [4.78, 5) is 37.4. The number of nitrogens with one attached hydrogen (secondary N) is 1. The fourth-order valence-corrected chi connectivity index (χ4v) is 4.72. The molecule has 1 N–H and O–H groups in total. The van der Waals surface area contributed by atoms with Crippen molar-refractivity contribution < 1.29 is 9.59 Å². The molecule has 144 valence electrons. The third-order valence-electron chi connectivity index (χ3n) is 5.35. The molecule has 0 saturated carbocycles. The molecule has 4 heterocycles. The van der Waals surface area contributed by atoms with E-state index in [1.54, 1.807) is 18.3 Å². The van der Waals surface area contributed by atoms with Crippen LogP contribution >= 0.6 is 11.8 Å². The summed E-state index contributed by atoms with van der Waals surface area (Å²) in [6.07, 6.45) is 9.81. The summed E-state index contributed by atoms with van der Waals surface area (Å²) < 4.78 is 0. The highest BCUT2D eigenvalue weighted by atomic mass is 32.2. The number of carbonyl (C=O) groups is 2. The first kappa shape index (κ1) is 18.4. The number of thioether (sulfide) groups is 1. The zero-order chi connectivity index (χ0) is 18.6. The van der Waals surface area contributed by atoms with Gasteiger partial charge in [-0.15, -0.1) is 0 Å². The second-order valence-electron chi connectivity index (χ2n) is 7.45. The fraction of sp³-hybridized carbons (Fsp3) is 0.579. The van der Waals surface area contributed by atoms with Crippen LogP contribution in [0.15, 0.2) is 17.2 Å². The molecule has 0 radical (unpaired) electrons. The van der Waals surface area contributed by atoms with Crippen LogP contribution in [-0.4, -0.2) is 58.7 Å². The van der Waals surface area contributed by atoms with Gasteiger partial charge in [0.25, 0.3) is 11.1 Å². The molecule has 0 bridgehead atoms. The molecular weight excluding hydrogens is 362 g/mol. The van der Waals surface area contributed by atoms with Crippen LogP contribution in [0, 0.1) is 5.92 Å². The second kappa shape index (κ2) is 8.39. The minimum absolute atomic E-state index is 0.336. The summed E-state index contributed by atoms with van der Waals surface area (Å²) in [5.41, 5.74) is 0.658. The first-order valence-corrected chi connectivity index (χ1v) is 10.5. The Kier molecular flexibility index (Phi) is 5.73. The third kappa shape index (κ3) is 4.68. The lowest BCUT2D eigenvalue weighted by molar-refractivity contribution is -0.115. The SMILES string of the molecule is O=C1NC(=O)C(=Cc2ccnc(N3CCCC(CN4CCCCC4)C3)n2)S1. The number of likely N-dealkylation sites (tertiary alicyclic amines) is 1. The summed E-state index contributed by atoms with van der Waals surface area (Å²) in [5, 5.41) is 1.93. The van der Waals surface area contributed by atoms with Crippen LogP contribution < -0.4 is 10.2 Å². The number of amides is 2. The van der Waals surface area contributed by atoms with E-state index in [0.717, 1.165) is 31.3 Å². The van der Waals surface area contributed by atoms with Gasteiger partial charge < -0.3 is 9.80 Å². The number of nitrogens with zero attached hydrogens (tertiary/aromatic N) is 4. The van der Waals surface area contributed by atoms with Gasteiger partial charge in [-0.2, -0.15) is 0 Å². The van der Waals surface area contributed by atoms with Crippen LogP contribution in [-0.2, 0) is 4.79 Å². The Hall–Kier alpha value is -1.93. The van der Waals surface area contributed by atoms with Gasteiger partial charge in [0.2, 0.25) is 5.95 Å². The van der Waals surface area contributed by atoms with Crippen molar-refractivity contribution in [3.05, 3.63) is 22.9 Å². The number of rotatable bonds is 4. The molecule has 7 nitrogen and oxygen atoms in total. The van der Waals surface area contributed by atoms with Crippen molar-refractivity contribution in [1.29, 1.82) is 0 Å². The molecule has 0 spiro atoms. The van der Waals surface area contributed by atoms with E-state index < -0.39 is 0 Å². The number of hydrogen-bond acceptors (Lipinski definition) is 7. The van der Waals surface area contributed by atoms with Crippen LogP contribution in [0.25, 0.3) is 6.08 Å².